The molecule has 0 amide bonds. The molecule has 0 bridgehead atoms. The van der Waals surface area contributed by atoms with Crippen LogP contribution < -0.4 is 0 Å². The van der Waals surface area contributed by atoms with Crippen molar-refractivity contribution in [1.29, 1.82) is 10.5 Å². The van der Waals surface area contributed by atoms with Crippen LogP contribution >= 0.6 is 0 Å². The molecular formula is C38H33IrN6-. The maximum Gasteiger partial charge on any atom is 0.159 e. The van der Waals surface area contributed by atoms with Crippen molar-refractivity contribution in [3.8, 4) is 46.3 Å². The predicted molar refractivity (Wildman–Crippen MR) is 175 cm³/mol. The van der Waals surface area contributed by atoms with E-state index < -0.39 is 0 Å². The molecule has 0 atom stereocenters. The number of aryl methyl sites for hydroxylation is 6. The van der Waals surface area contributed by atoms with E-state index in [4.69, 9.17) is 0 Å². The topological polar surface area (TPSA) is 83.2 Å². The summed E-state index contributed by atoms with van der Waals surface area (Å²) in [6, 6.07) is 33.7. The Labute approximate surface area is 278 Å². The molecule has 6 rings (SSSR count). The van der Waals surface area contributed by atoms with Gasteiger partial charge in [-0.2, -0.15) is 10.5 Å². The van der Waals surface area contributed by atoms with Crippen molar-refractivity contribution in [3.63, 3.8) is 0 Å². The molecule has 0 aliphatic heterocycles. The van der Waals surface area contributed by atoms with Gasteiger partial charge in [-0.1, -0.05) is 65.7 Å². The summed E-state index contributed by atoms with van der Waals surface area (Å²) in [6.07, 6.45) is 3.60. The first kappa shape index (κ1) is 32.8. The molecule has 6 nitrogen and oxygen atoms in total. The molecule has 0 spiro atoms. The molecule has 225 valence electrons. The zero-order chi connectivity index (χ0) is 31.4. The molecule has 0 fully saturated rings. The van der Waals surface area contributed by atoms with E-state index in [1.807, 2.05) is 69.9 Å². The first-order valence-corrected chi connectivity index (χ1v) is 14.4. The van der Waals surface area contributed by atoms with Crippen LogP contribution in [0.15, 0.2) is 91.3 Å². The smallest absolute Gasteiger partial charge is 0.159 e. The Morgan fingerprint density at radius 1 is 0.600 bits per heavy atom. The van der Waals surface area contributed by atoms with Crippen molar-refractivity contribution in [1.82, 2.24) is 19.1 Å². The molecule has 1 radical (unpaired) electrons. The normalized spacial score (nSPS) is 10.2. The summed E-state index contributed by atoms with van der Waals surface area (Å²) in [5.41, 5.74) is 12.0. The van der Waals surface area contributed by atoms with Gasteiger partial charge in [0.2, 0.25) is 0 Å². The number of hydrogen-bond acceptors (Lipinski definition) is 4. The number of hydrogen-bond donors (Lipinski definition) is 0. The minimum absolute atomic E-state index is 0. The zero-order valence-corrected chi connectivity index (χ0v) is 28.6. The molecule has 4 aromatic carbocycles. The van der Waals surface area contributed by atoms with Crippen molar-refractivity contribution in [3.05, 3.63) is 142 Å². The summed E-state index contributed by atoms with van der Waals surface area (Å²) in [4.78, 5) is 8.93. The summed E-state index contributed by atoms with van der Waals surface area (Å²) < 4.78 is 4.02. The van der Waals surface area contributed by atoms with Crippen LogP contribution in [0, 0.1) is 70.3 Å². The molecular weight excluding hydrogens is 733 g/mol. The second kappa shape index (κ2) is 14.1. The van der Waals surface area contributed by atoms with Crippen LogP contribution in [-0.4, -0.2) is 19.1 Å². The Morgan fingerprint density at radius 3 is 1.49 bits per heavy atom. The minimum atomic E-state index is 0. The Bertz CT molecular complexity index is 1850. The Kier molecular flexibility index (Phi) is 10.3. The molecule has 6 aromatic rings. The molecule has 45 heavy (non-hydrogen) atoms. The summed E-state index contributed by atoms with van der Waals surface area (Å²) in [6.45, 7) is 12.5. The van der Waals surface area contributed by atoms with Crippen LogP contribution in [0.1, 0.15) is 44.8 Å². The van der Waals surface area contributed by atoms with E-state index in [9.17, 15) is 10.5 Å². The van der Waals surface area contributed by atoms with Crippen LogP contribution in [0.25, 0.3) is 34.2 Å². The summed E-state index contributed by atoms with van der Waals surface area (Å²) in [7, 11) is 0. The van der Waals surface area contributed by atoms with Crippen molar-refractivity contribution < 1.29 is 20.1 Å². The van der Waals surface area contributed by atoms with Gasteiger partial charge in [0.25, 0.3) is 0 Å². The number of imidazole rings is 2. The Morgan fingerprint density at radius 2 is 1.04 bits per heavy atom. The van der Waals surface area contributed by atoms with Gasteiger partial charge in [0.15, 0.2) is 5.69 Å². The molecule has 2 heterocycles. The van der Waals surface area contributed by atoms with Gasteiger partial charge in [-0.3, -0.25) is 9.55 Å². The molecule has 0 aliphatic rings. The van der Waals surface area contributed by atoms with E-state index in [1.165, 1.54) is 22.3 Å². The number of benzene rings is 4. The van der Waals surface area contributed by atoms with Gasteiger partial charge in [-0.15, -0.1) is 35.9 Å². The fourth-order valence-corrected chi connectivity index (χ4v) is 5.83. The van der Waals surface area contributed by atoms with Crippen LogP contribution in [0.4, 0.5) is 0 Å². The van der Waals surface area contributed by atoms with Crippen molar-refractivity contribution in [2.75, 3.05) is 0 Å². The molecule has 0 aliphatic carbocycles. The first-order chi connectivity index (χ1) is 21.2. The summed E-state index contributed by atoms with van der Waals surface area (Å²) in [5, 5.41) is 18.4. The van der Waals surface area contributed by atoms with Crippen molar-refractivity contribution in [2.24, 2.45) is 0 Å². The second-order valence-corrected chi connectivity index (χ2v) is 11.0. The van der Waals surface area contributed by atoms with E-state index in [2.05, 4.69) is 94.0 Å². The fourth-order valence-electron chi connectivity index (χ4n) is 5.83. The van der Waals surface area contributed by atoms with Crippen LogP contribution in [-0.2, 0) is 20.1 Å². The van der Waals surface area contributed by atoms with Crippen LogP contribution in [0.5, 0.6) is 0 Å². The van der Waals surface area contributed by atoms with E-state index in [0.29, 0.717) is 11.4 Å². The van der Waals surface area contributed by atoms with Gasteiger partial charge >= 0.3 is 0 Å². The van der Waals surface area contributed by atoms with Crippen LogP contribution in [0.2, 0.25) is 0 Å². The van der Waals surface area contributed by atoms with Crippen LogP contribution in [0.3, 0.4) is 0 Å². The number of nitrogens with zero attached hydrogens (tertiary/aromatic N) is 6. The number of aromatic nitrogens is 4. The molecule has 0 unspecified atom stereocenters. The second-order valence-electron chi connectivity index (χ2n) is 11.0. The van der Waals surface area contributed by atoms with Gasteiger partial charge in [0.05, 0.1) is 11.5 Å². The summed E-state index contributed by atoms with van der Waals surface area (Å²) >= 11 is 0. The minimum Gasteiger partial charge on any atom is -0.338 e. The first-order valence-electron chi connectivity index (χ1n) is 14.4. The predicted octanol–water partition coefficient (Wildman–Crippen LogP) is 8.47. The Hall–Kier alpha value is -5.07. The largest absolute Gasteiger partial charge is 0.338 e. The third-order valence-corrected chi connectivity index (χ3v) is 7.38. The monoisotopic (exact) mass is 766 g/mol. The average molecular weight is 766 g/mol. The molecule has 0 saturated carbocycles. The zero-order valence-electron chi connectivity index (χ0n) is 26.2. The molecule has 0 N–H and O–H groups in total. The standard InChI is InChI=1S/C19H17N3.C19H16N3.Ir/c2*1-13-9-14(2)18(15(3)10-13)22-12-17(11-20)21-19(22)16-7-5-4-6-8-16;/h4-10,12H,1-3H3;4-7,9-10,12H,1-3H3;/q;-1;. The third-order valence-electron chi connectivity index (χ3n) is 7.38. The average Bonchev–Trinajstić information content (AvgIpc) is 3.62. The maximum atomic E-state index is 9.23. The van der Waals surface area contributed by atoms with Gasteiger partial charge in [0, 0.05) is 43.7 Å². The van der Waals surface area contributed by atoms with E-state index >= 15 is 0 Å². The van der Waals surface area contributed by atoms with E-state index in [0.717, 1.165) is 45.3 Å². The number of rotatable bonds is 4. The van der Waals surface area contributed by atoms with Gasteiger partial charge in [0.1, 0.15) is 23.7 Å². The molecule has 0 saturated heterocycles. The van der Waals surface area contributed by atoms with Gasteiger partial charge < -0.3 is 4.57 Å². The van der Waals surface area contributed by atoms with Crippen molar-refractivity contribution in [2.45, 2.75) is 41.5 Å². The van der Waals surface area contributed by atoms with Gasteiger partial charge in [-0.25, -0.2) is 4.98 Å². The summed E-state index contributed by atoms with van der Waals surface area (Å²) in [5.74, 6) is 1.54. The molecule has 2 aromatic heterocycles. The van der Waals surface area contributed by atoms with Gasteiger partial charge in [-0.05, 0) is 63.8 Å². The number of nitriles is 2. The van der Waals surface area contributed by atoms with E-state index in [-0.39, 0.29) is 20.1 Å². The third kappa shape index (κ3) is 7.03. The molecule has 7 heteroatoms. The quantitative estimate of drug-likeness (QED) is 0.169. The fraction of sp³-hybridized carbons (Fsp3) is 0.158. The van der Waals surface area contributed by atoms with Crippen molar-refractivity contribution >= 4 is 0 Å². The Balaban J connectivity index is 0.000000200. The SMILES string of the molecule is Cc1cc(C)c(-n2cc(C#N)nc2-c2[c-]cccc2)c(C)c1.Cc1cc(C)c(-n2cc(C#N)nc2-c2ccccc2)c(C)c1.[Ir]. The van der Waals surface area contributed by atoms with E-state index in [1.54, 1.807) is 6.20 Å². The maximum absolute atomic E-state index is 9.23.